The molecule has 0 bridgehead atoms. The molecule has 94 valence electrons. The smallest absolute Gasteiger partial charge is 0.287 e. The van der Waals surface area contributed by atoms with Crippen molar-refractivity contribution < 1.29 is 14.8 Å². The fraction of sp³-hybridized carbons (Fsp3) is 0.500. The monoisotopic (exact) mass is 241 g/mol. The zero-order valence-corrected chi connectivity index (χ0v) is 9.55. The third-order valence-corrected chi connectivity index (χ3v) is 2.30. The number of nitro groups is 1. The van der Waals surface area contributed by atoms with Crippen LogP contribution in [-0.4, -0.2) is 33.7 Å². The molecule has 0 aliphatic rings. The Kier molecular flexibility index (Phi) is 4.65. The molecule has 0 saturated heterocycles. The van der Waals surface area contributed by atoms with E-state index in [0.29, 0.717) is 19.4 Å². The summed E-state index contributed by atoms with van der Waals surface area (Å²) < 4.78 is 1.42. The van der Waals surface area contributed by atoms with Crippen LogP contribution in [0.25, 0.3) is 0 Å². The molecular weight excluding hydrogens is 226 g/mol. The Morgan fingerprint density at radius 2 is 2.29 bits per heavy atom. The largest absolute Gasteiger partial charge is 0.396 e. The number of unbranched alkanes of at least 4 members (excludes halogenated alkanes) is 1. The van der Waals surface area contributed by atoms with Crippen molar-refractivity contribution in [3.63, 3.8) is 0 Å². The van der Waals surface area contributed by atoms with Crippen LogP contribution in [0.2, 0.25) is 0 Å². The number of hydrogen-bond acceptors (Lipinski definition) is 4. The van der Waals surface area contributed by atoms with Crippen molar-refractivity contribution in [1.82, 2.24) is 9.88 Å². The molecular formula is C10H15N3O4. The molecule has 1 aromatic heterocycles. The number of rotatable bonds is 6. The summed E-state index contributed by atoms with van der Waals surface area (Å²) in [6, 6.07) is 1.24. The van der Waals surface area contributed by atoms with E-state index < -0.39 is 4.92 Å². The number of carbonyl (C=O) groups is 1. The lowest BCUT2D eigenvalue weighted by Gasteiger charge is -2.04. The van der Waals surface area contributed by atoms with E-state index in [9.17, 15) is 14.9 Å². The molecule has 0 unspecified atom stereocenters. The van der Waals surface area contributed by atoms with Gasteiger partial charge in [0.1, 0.15) is 5.69 Å². The highest BCUT2D eigenvalue weighted by atomic mass is 16.6. The number of hydrogen-bond donors (Lipinski definition) is 2. The number of carbonyl (C=O) groups excluding carboxylic acids is 1. The second kappa shape index (κ2) is 6.00. The number of nitrogens with one attached hydrogen (secondary N) is 1. The summed E-state index contributed by atoms with van der Waals surface area (Å²) in [5.41, 5.74) is 0.147. The molecule has 1 heterocycles. The quantitative estimate of drug-likeness (QED) is 0.429. The number of aromatic nitrogens is 1. The Labute approximate surface area is 98.2 Å². The molecule has 0 aliphatic heterocycles. The minimum atomic E-state index is -0.539. The van der Waals surface area contributed by atoms with Gasteiger partial charge in [0, 0.05) is 26.3 Å². The molecule has 0 spiro atoms. The molecule has 1 amide bonds. The molecule has 17 heavy (non-hydrogen) atoms. The van der Waals surface area contributed by atoms with Gasteiger partial charge in [-0.3, -0.25) is 14.9 Å². The van der Waals surface area contributed by atoms with Crippen LogP contribution in [0.3, 0.4) is 0 Å². The van der Waals surface area contributed by atoms with E-state index in [1.165, 1.54) is 16.8 Å². The van der Waals surface area contributed by atoms with E-state index in [2.05, 4.69) is 5.32 Å². The molecule has 7 nitrogen and oxygen atoms in total. The predicted octanol–water partition coefficient (Wildman–Crippen LogP) is 0.436. The van der Waals surface area contributed by atoms with E-state index in [0.717, 1.165) is 0 Å². The van der Waals surface area contributed by atoms with Crippen LogP contribution in [-0.2, 0) is 7.05 Å². The number of amides is 1. The zero-order chi connectivity index (χ0) is 12.8. The van der Waals surface area contributed by atoms with Crippen LogP contribution in [0.5, 0.6) is 0 Å². The maximum absolute atomic E-state index is 11.6. The molecule has 0 fully saturated rings. The highest BCUT2D eigenvalue weighted by molar-refractivity contribution is 5.93. The SMILES string of the molecule is Cn1cc([N+](=O)[O-])cc1C(=O)NCCCCO. The first-order chi connectivity index (χ1) is 8.06. The van der Waals surface area contributed by atoms with Gasteiger partial charge in [-0.2, -0.15) is 0 Å². The Morgan fingerprint density at radius 1 is 1.59 bits per heavy atom. The van der Waals surface area contributed by atoms with Crippen molar-refractivity contribution in [3.05, 3.63) is 28.1 Å². The van der Waals surface area contributed by atoms with E-state index in [1.807, 2.05) is 0 Å². The van der Waals surface area contributed by atoms with Crippen molar-refractivity contribution >= 4 is 11.6 Å². The minimum absolute atomic E-state index is 0.0888. The van der Waals surface area contributed by atoms with E-state index in [-0.39, 0.29) is 23.9 Å². The molecule has 0 radical (unpaired) electrons. The number of aliphatic hydroxyl groups excluding tert-OH is 1. The lowest BCUT2D eigenvalue weighted by molar-refractivity contribution is -0.384. The summed E-state index contributed by atoms with van der Waals surface area (Å²) in [5.74, 6) is -0.349. The Balaban J connectivity index is 2.59. The normalized spacial score (nSPS) is 10.2. The highest BCUT2D eigenvalue weighted by Crippen LogP contribution is 2.14. The lowest BCUT2D eigenvalue weighted by Crippen LogP contribution is -2.26. The van der Waals surface area contributed by atoms with Crippen molar-refractivity contribution in [2.75, 3.05) is 13.2 Å². The predicted molar refractivity (Wildman–Crippen MR) is 60.7 cm³/mol. The van der Waals surface area contributed by atoms with Gasteiger partial charge in [0.2, 0.25) is 0 Å². The van der Waals surface area contributed by atoms with Crippen molar-refractivity contribution in [2.24, 2.45) is 7.05 Å². The third kappa shape index (κ3) is 3.56. The van der Waals surface area contributed by atoms with Crippen molar-refractivity contribution in [1.29, 1.82) is 0 Å². The minimum Gasteiger partial charge on any atom is -0.396 e. The molecule has 7 heteroatoms. The molecule has 1 rings (SSSR count). The van der Waals surface area contributed by atoms with Gasteiger partial charge < -0.3 is 15.0 Å². The second-order valence-corrected chi connectivity index (χ2v) is 3.64. The Hall–Kier alpha value is -1.89. The number of nitrogens with zero attached hydrogens (tertiary/aromatic N) is 2. The van der Waals surface area contributed by atoms with E-state index in [4.69, 9.17) is 5.11 Å². The van der Waals surface area contributed by atoms with Gasteiger partial charge in [0.05, 0.1) is 11.1 Å². The van der Waals surface area contributed by atoms with Crippen molar-refractivity contribution in [2.45, 2.75) is 12.8 Å². The summed E-state index contributed by atoms with van der Waals surface area (Å²) in [6.45, 7) is 0.532. The van der Waals surface area contributed by atoms with Gasteiger partial charge in [-0.05, 0) is 12.8 Å². The maximum Gasteiger partial charge on any atom is 0.287 e. The lowest BCUT2D eigenvalue weighted by atomic mass is 10.3. The Morgan fingerprint density at radius 3 is 2.82 bits per heavy atom. The van der Waals surface area contributed by atoms with Gasteiger partial charge in [0.25, 0.3) is 11.6 Å². The van der Waals surface area contributed by atoms with Crippen molar-refractivity contribution in [3.8, 4) is 0 Å². The van der Waals surface area contributed by atoms with Crippen LogP contribution in [0.1, 0.15) is 23.3 Å². The second-order valence-electron chi connectivity index (χ2n) is 3.64. The maximum atomic E-state index is 11.6. The topological polar surface area (TPSA) is 97.4 Å². The molecule has 0 aromatic carbocycles. The first kappa shape index (κ1) is 13.2. The Bertz CT molecular complexity index is 414. The van der Waals surface area contributed by atoms with E-state index in [1.54, 1.807) is 7.05 Å². The summed E-state index contributed by atoms with van der Waals surface area (Å²) in [7, 11) is 1.58. The summed E-state index contributed by atoms with van der Waals surface area (Å²) in [5, 5.41) is 21.7. The average Bonchev–Trinajstić information content (AvgIpc) is 2.67. The van der Waals surface area contributed by atoms with Crippen LogP contribution in [0.15, 0.2) is 12.3 Å². The summed E-state index contributed by atoms with van der Waals surface area (Å²) in [4.78, 5) is 21.6. The highest BCUT2D eigenvalue weighted by Gasteiger charge is 2.16. The first-order valence-corrected chi connectivity index (χ1v) is 5.26. The molecule has 2 N–H and O–H groups in total. The first-order valence-electron chi connectivity index (χ1n) is 5.26. The number of aliphatic hydroxyl groups is 1. The van der Waals surface area contributed by atoms with E-state index >= 15 is 0 Å². The summed E-state index contributed by atoms with van der Waals surface area (Å²) in [6.07, 6.45) is 2.59. The third-order valence-electron chi connectivity index (χ3n) is 2.30. The average molecular weight is 241 g/mol. The van der Waals surface area contributed by atoms with Crippen LogP contribution in [0.4, 0.5) is 5.69 Å². The fourth-order valence-electron chi connectivity index (χ4n) is 1.40. The van der Waals surface area contributed by atoms with Gasteiger partial charge in [-0.15, -0.1) is 0 Å². The van der Waals surface area contributed by atoms with Gasteiger partial charge in [0.15, 0.2) is 0 Å². The zero-order valence-electron chi connectivity index (χ0n) is 9.55. The summed E-state index contributed by atoms with van der Waals surface area (Å²) >= 11 is 0. The van der Waals surface area contributed by atoms with Gasteiger partial charge >= 0.3 is 0 Å². The number of aryl methyl sites for hydroxylation is 1. The molecule has 0 aliphatic carbocycles. The molecule has 0 saturated carbocycles. The fourth-order valence-corrected chi connectivity index (χ4v) is 1.40. The van der Waals surface area contributed by atoms with Gasteiger partial charge in [-0.25, -0.2) is 0 Å². The van der Waals surface area contributed by atoms with Crippen LogP contribution >= 0.6 is 0 Å². The van der Waals surface area contributed by atoms with Crippen LogP contribution in [0, 0.1) is 10.1 Å². The van der Waals surface area contributed by atoms with Gasteiger partial charge in [-0.1, -0.05) is 0 Å². The van der Waals surface area contributed by atoms with Crippen LogP contribution < -0.4 is 5.32 Å². The molecule has 0 atom stereocenters. The standard InChI is InChI=1S/C10H15N3O4/c1-12-7-8(13(16)17)6-9(12)10(15)11-4-2-3-5-14/h6-7,14H,2-5H2,1H3,(H,11,15). The molecule has 1 aromatic rings.